The van der Waals surface area contributed by atoms with E-state index in [4.69, 9.17) is 9.15 Å². The van der Waals surface area contributed by atoms with E-state index in [-0.39, 0.29) is 11.3 Å². The van der Waals surface area contributed by atoms with Gasteiger partial charge in [0.2, 0.25) is 5.91 Å². The highest BCUT2D eigenvalue weighted by atomic mass is 19.4. The van der Waals surface area contributed by atoms with Crippen LogP contribution in [0.3, 0.4) is 0 Å². The predicted octanol–water partition coefficient (Wildman–Crippen LogP) is 6.45. The van der Waals surface area contributed by atoms with Gasteiger partial charge in [0.15, 0.2) is 0 Å². The Labute approximate surface area is 198 Å². The third-order valence-corrected chi connectivity index (χ3v) is 5.59. The molecule has 0 saturated carbocycles. The number of amides is 2. The quantitative estimate of drug-likeness (QED) is 0.331. The molecule has 1 heterocycles. The molecule has 2 N–H and O–H groups in total. The zero-order valence-electron chi connectivity index (χ0n) is 18.8. The summed E-state index contributed by atoms with van der Waals surface area (Å²) in [5, 5.41) is 6.56. The first-order valence-corrected chi connectivity index (χ1v) is 10.6. The molecule has 35 heavy (non-hydrogen) atoms. The molecule has 3 aromatic carbocycles. The molecule has 1 atom stereocenters. The molecular formula is C26H21F3N2O4. The zero-order valence-corrected chi connectivity index (χ0v) is 18.8. The summed E-state index contributed by atoms with van der Waals surface area (Å²) in [5.74, 6) is -1.24. The second-order valence-electron chi connectivity index (χ2n) is 7.91. The maximum Gasteiger partial charge on any atom is 0.418 e. The largest absolute Gasteiger partial charge is 0.497 e. The van der Waals surface area contributed by atoms with Crippen LogP contribution in [0.1, 0.15) is 34.3 Å². The molecule has 0 fully saturated rings. The highest BCUT2D eigenvalue weighted by Crippen LogP contribution is 2.37. The number of methoxy groups -OCH3 is 1. The Morgan fingerprint density at radius 2 is 1.69 bits per heavy atom. The number of furan rings is 1. The van der Waals surface area contributed by atoms with E-state index < -0.39 is 35.2 Å². The fourth-order valence-electron chi connectivity index (χ4n) is 3.59. The van der Waals surface area contributed by atoms with Crippen molar-refractivity contribution in [3.8, 4) is 5.75 Å². The summed E-state index contributed by atoms with van der Waals surface area (Å²) in [6.45, 7) is 1.62. The first-order valence-electron chi connectivity index (χ1n) is 10.6. The number of halogens is 3. The molecule has 0 radical (unpaired) electrons. The van der Waals surface area contributed by atoms with E-state index in [2.05, 4.69) is 10.6 Å². The normalized spacial score (nSPS) is 12.3. The van der Waals surface area contributed by atoms with Gasteiger partial charge in [0.05, 0.1) is 36.1 Å². The van der Waals surface area contributed by atoms with Crippen LogP contribution < -0.4 is 15.4 Å². The number of hydrogen-bond donors (Lipinski definition) is 2. The molecule has 0 bridgehead atoms. The van der Waals surface area contributed by atoms with Crippen LogP contribution in [0.2, 0.25) is 0 Å². The third kappa shape index (κ3) is 5.29. The van der Waals surface area contributed by atoms with Crippen molar-refractivity contribution >= 4 is 34.0 Å². The molecule has 0 saturated heterocycles. The van der Waals surface area contributed by atoms with Crippen LogP contribution in [0.25, 0.3) is 10.8 Å². The van der Waals surface area contributed by atoms with Crippen molar-refractivity contribution < 1.29 is 31.9 Å². The molecule has 2 amide bonds. The summed E-state index contributed by atoms with van der Waals surface area (Å²) in [5.41, 5.74) is -0.731. The molecule has 180 valence electrons. The van der Waals surface area contributed by atoms with Gasteiger partial charge >= 0.3 is 6.18 Å². The molecule has 0 aliphatic carbocycles. The van der Waals surface area contributed by atoms with E-state index in [1.165, 1.54) is 24.7 Å². The molecule has 0 spiro atoms. The van der Waals surface area contributed by atoms with Crippen molar-refractivity contribution in [2.24, 2.45) is 0 Å². The van der Waals surface area contributed by atoms with Gasteiger partial charge < -0.3 is 19.8 Å². The predicted molar refractivity (Wildman–Crippen MR) is 126 cm³/mol. The SMILES string of the molecule is COc1ccc2cc([C@H](C)C(=O)Nc3ccc(NC(=O)c4ccoc4)cc3C(F)(F)F)ccc2c1. The van der Waals surface area contributed by atoms with E-state index in [1.54, 1.807) is 26.2 Å². The molecule has 9 heteroatoms. The van der Waals surface area contributed by atoms with Crippen LogP contribution in [0.4, 0.5) is 24.5 Å². The average Bonchev–Trinajstić information content (AvgIpc) is 3.38. The summed E-state index contributed by atoms with van der Waals surface area (Å²) >= 11 is 0. The number of benzene rings is 3. The summed E-state index contributed by atoms with van der Waals surface area (Å²) in [6, 6.07) is 15.5. The Hall–Kier alpha value is -4.27. The van der Waals surface area contributed by atoms with Crippen molar-refractivity contribution in [2.75, 3.05) is 17.7 Å². The summed E-state index contributed by atoms with van der Waals surface area (Å²) < 4.78 is 51.3. The molecule has 4 aromatic rings. The summed E-state index contributed by atoms with van der Waals surface area (Å²) in [4.78, 5) is 25.0. The van der Waals surface area contributed by atoms with Crippen LogP contribution in [0, 0.1) is 0 Å². The second-order valence-corrected chi connectivity index (χ2v) is 7.91. The van der Waals surface area contributed by atoms with E-state index >= 15 is 0 Å². The number of fused-ring (bicyclic) bond motifs is 1. The lowest BCUT2D eigenvalue weighted by molar-refractivity contribution is -0.136. The minimum atomic E-state index is -4.76. The molecule has 4 rings (SSSR count). The van der Waals surface area contributed by atoms with Crippen molar-refractivity contribution in [3.63, 3.8) is 0 Å². The van der Waals surface area contributed by atoms with Gasteiger partial charge in [-0.1, -0.05) is 24.3 Å². The van der Waals surface area contributed by atoms with Crippen molar-refractivity contribution in [1.82, 2.24) is 0 Å². The summed E-state index contributed by atoms with van der Waals surface area (Å²) in [7, 11) is 1.57. The smallest absolute Gasteiger partial charge is 0.418 e. The lowest BCUT2D eigenvalue weighted by Gasteiger charge is -2.18. The van der Waals surface area contributed by atoms with Gasteiger partial charge in [-0.05, 0) is 59.7 Å². The number of hydrogen-bond acceptors (Lipinski definition) is 4. The van der Waals surface area contributed by atoms with Gasteiger partial charge in [-0.2, -0.15) is 13.2 Å². The molecule has 1 aromatic heterocycles. The Kier molecular flexibility index (Phi) is 6.50. The molecule has 6 nitrogen and oxygen atoms in total. The van der Waals surface area contributed by atoms with Crippen LogP contribution in [-0.4, -0.2) is 18.9 Å². The Morgan fingerprint density at radius 3 is 2.37 bits per heavy atom. The Balaban J connectivity index is 1.55. The number of carbonyl (C=O) groups excluding carboxylic acids is 2. The van der Waals surface area contributed by atoms with Crippen molar-refractivity contribution in [1.29, 1.82) is 0 Å². The van der Waals surface area contributed by atoms with Crippen LogP contribution in [-0.2, 0) is 11.0 Å². The maximum absolute atomic E-state index is 13.8. The summed E-state index contributed by atoms with van der Waals surface area (Å²) in [6.07, 6.45) is -2.30. The minimum absolute atomic E-state index is 0.0699. The van der Waals surface area contributed by atoms with Gasteiger partial charge in [0.25, 0.3) is 5.91 Å². The maximum atomic E-state index is 13.8. The van der Waals surface area contributed by atoms with Gasteiger partial charge in [0.1, 0.15) is 12.0 Å². The fraction of sp³-hybridized carbons (Fsp3) is 0.154. The van der Waals surface area contributed by atoms with E-state index in [9.17, 15) is 22.8 Å². The number of nitrogens with one attached hydrogen (secondary N) is 2. The van der Waals surface area contributed by atoms with Gasteiger partial charge in [-0.25, -0.2) is 0 Å². The minimum Gasteiger partial charge on any atom is -0.497 e. The Morgan fingerprint density at radius 1 is 0.943 bits per heavy atom. The number of rotatable bonds is 6. The van der Waals surface area contributed by atoms with Gasteiger partial charge in [-0.15, -0.1) is 0 Å². The first-order chi connectivity index (χ1) is 16.7. The molecule has 0 aliphatic rings. The van der Waals surface area contributed by atoms with Crippen molar-refractivity contribution in [3.05, 3.63) is 89.9 Å². The average molecular weight is 482 g/mol. The van der Waals surface area contributed by atoms with E-state index in [1.807, 2.05) is 24.3 Å². The highest BCUT2D eigenvalue weighted by Gasteiger charge is 2.35. The number of ether oxygens (including phenoxy) is 1. The Bertz CT molecular complexity index is 1380. The first kappa shape index (κ1) is 23.9. The number of anilines is 2. The van der Waals surface area contributed by atoms with E-state index in [0.29, 0.717) is 11.3 Å². The topological polar surface area (TPSA) is 80.6 Å². The van der Waals surface area contributed by atoms with Crippen LogP contribution in [0.15, 0.2) is 77.6 Å². The fourth-order valence-corrected chi connectivity index (χ4v) is 3.59. The second kappa shape index (κ2) is 9.54. The number of alkyl halides is 3. The zero-order chi connectivity index (χ0) is 25.2. The van der Waals surface area contributed by atoms with Gasteiger partial charge in [-0.3, -0.25) is 9.59 Å². The standard InChI is InChI=1S/C26H21F3N2O4/c1-15(16-3-4-18-12-21(34-2)7-5-17(18)11-16)24(32)31-23-8-6-20(13-22(23)26(27,28)29)30-25(33)19-9-10-35-14-19/h3-15H,1-2H3,(H,30,33)(H,31,32)/t15-/m0/s1. The molecule has 0 aliphatic heterocycles. The molecule has 0 unspecified atom stereocenters. The van der Waals surface area contributed by atoms with E-state index in [0.717, 1.165) is 22.9 Å². The van der Waals surface area contributed by atoms with Crippen LogP contribution in [0.5, 0.6) is 5.75 Å². The number of carbonyl (C=O) groups is 2. The van der Waals surface area contributed by atoms with Crippen LogP contribution >= 0.6 is 0 Å². The lowest BCUT2D eigenvalue weighted by atomic mass is 9.96. The third-order valence-electron chi connectivity index (χ3n) is 5.59. The highest BCUT2D eigenvalue weighted by molar-refractivity contribution is 6.04. The van der Waals surface area contributed by atoms with Gasteiger partial charge in [0, 0.05) is 5.69 Å². The lowest BCUT2D eigenvalue weighted by Crippen LogP contribution is -2.22. The molecular weight excluding hydrogens is 461 g/mol. The van der Waals surface area contributed by atoms with Crippen molar-refractivity contribution in [2.45, 2.75) is 19.0 Å². The monoisotopic (exact) mass is 482 g/mol.